The van der Waals surface area contributed by atoms with Gasteiger partial charge < -0.3 is 15.0 Å². The molecule has 0 spiro atoms. The molecular weight excluding hydrogens is 252 g/mol. The first-order valence-corrected chi connectivity index (χ1v) is 7.29. The fourth-order valence-electron chi connectivity index (χ4n) is 2.29. The molecule has 0 heterocycles. The quantitative estimate of drug-likeness (QED) is 0.832. The van der Waals surface area contributed by atoms with Crippen LogP contribution >= 0.6 is 0 Å². The Balaban J connectivity index is 2.17. The van der Waals surface area contributed by atoms with Gasteiger partial charge in [-0.25, -0.2) is 0 Å². The highest BCUT2D eigenvalue weighted by Gasteiger charge is 2.33. The van der Waals surface area contributed by atoms with Crippen LogP contribution in [0.15, 0.2) is 24.3 Å². The van der Waals surface area contributed by atoms with Crippen molar-refractivity contribution in [1.82, 2.24) is 4.90 Å². The molecule has 20 heavy (non-hydrogen) atoms. The van der Waals surface area contributed by atoms with Gasteiger partial charge in [-0.3, -0.25) is 4.79 Å². The molecule has 4 nitrogen and oxygen atoms in total. The zero-order valence-electron chi connectivity index (χ0n) is 12.6. The maximum atomic E-state index is 12.8. The van der Waals surface area contributed by atoms with Crippen LogP contribution in [0.5, 0.6) is 0 Å². The van der Waals surface area contributed by atoms with E-state index < -0.39 is 0 Å². The summed E-state index contributed by atoms with van der Waals surface area (Å²) >= 11 is 0. The molecule has 2 rings (SSSR count). The average molecular weight is 276 g/mol. The van der Waals surface area contributed by atoms with Crippen molar-refractivity contribution >= 4 is 11.6 Å². The number of anilines is 1. The van der Waals surface area contributed by atoms with Crippen molar-refractivity contribution in [3.63, 3.8) is 0 Å². The highest BCUT2D eigenvalue weighted by Crippen LogP contribution is 2.29. The molecule has 0 bridgehead atoms. The van der Waals surface area contributed by atoms with Gasteiger partial charge in [0.05, 0.1) is 12.2 Å². The van der Waals surface area contributed by atoms with E-state index in [2.05, 4.69) is 19.2 Å². The predicted molar refractivity (Wildman–Crippen MR) is 81.1 cm³/mol. The molecule has 1 amide bonds. The predicted octanol–water partition coefficient (Wildman–Crippen LogP) is 2.76. The number of carbonyl (C=O) groups excluding carboxylic acids is 1. The van der Waals surface area contributed by atoms with Crippen LogP contribution in [0.2, 0.25) is 0 Å². The second kappa shape index (κ2) is 6.75. The van der Waals surface area contributed by atoms with Crippen LogP contribution < -0.4 is 5.32 Å². The molecule has 0 aromatic heterocycles. The molecule has 0 aliphatic heterocycles. The fourth-order valence-corrected chi connectivity index (χ4v) is 2.29. The lowest BCUT2D eigenvalue weighted by molar-refractivity contribution is 0.0681. The molecule has 1 fully saturated rings. The van der Waals surface area contributed by atoms with E-state index in [0.29, 0.717) is 25.2 Å². The molecule has 0 saturated heterocycles. The first-order chi connectivity index (χ1) is 9.63. The Morgan fingerprint density at radius 3 is 2.70 bits per heavy atom. The topological polar surface area (TPSA) is 41.6 Å². The maximum absolute atomic E-state index is 12.8. The van der Waals surface area contributed by atoms with Gasteiger partial charge in [-0.1, -0.05) is 12.1 Å². The van der Waals surface area contributed by atoms with E-state index in [9.17, 15) is 4.79 Å². The Kier molecular flexibility index (Phi) is 5.01. The normalized spacial score (nSPS) is 14.4. The van der Waals surface area contributed by atoms with Crippen molar-refractivity contribution in [2.24, 2.45) is 0 Å². The number of methoxy groups -OCH3 is 1. The molecule has 1 saturated carbocycles. The molecule has 0 atom stereocenters. The summed E-state index contributed by atoms with van der Waals surface area (Å²) in [5.74, 6) is 0.105. The van der Waals surface area contributed by atoms with Crippen LogP contribution in [0.4, 0.5) is 5.69 Å². The average Bonchev–Trinajstić information content (AvgIpc) is 3.23. The number of hydrogen-bond donors (Lipinski definition) is 1. The number of amides is 1. The van der Waals surface area contributed by atoms with E-state index in [1.807, 2.05) is 29.2 Å². The Labute approximate surface area is 121 Å². The summed E-state index contributed by atoms with van der Waals surface area (Å²) in [4.78, 5) is 14.7. The van der Waals surface area contributed by atoms with Gasteiger partial charge in [0.25, 0.3) is 5.91 Å². The molecule has 1 aliphatic rings. The van der Waals surface area contributed by atoms with Crippen LogP contribution in [0.3, 0.4) is 0 Å². The summed E-state index contributed by atoms with van der Waals surface area (Å²) in [6, 6.07) is 8.43. The van der Waals surface area contributed by atoms with E-state index in [-0.39, 0.29) is 5.91 Å². The molecule has 1 aromatic carbocycles. The van der Waals surface area contributed by atoms with Gasteiger partial charge in [0, 0.05) is 31.4 Å². The van der Waals surface area contributed by atoms with Crippen molar-refractivity contribution in [3.05, 3.63) is 29.8 Å². The molecular formula is C16H24N2O2. The highest BCUT2D eigenvalue weighted by molar-refractivity contribution is 6.00. The monoisotopic (exact) mass is 276 g/mol. The minimum Gasteiger partial charge on any atom is -0.383 e. The number of benzene rings is 1. The molecule has 0 unspecified atom stereocenters. The molecule has 1 aliphatic carbocycles. The largest absolute Gasteiger partial charge is 0.383 e. The zero-order valence-corrected chi connectivity index (χ0v) is 12.6. The third kappa shape index (κ3) is 3.73. The van der Waals surface area contributed by atoms with Crippen molar-refractivity contribution in [2.45, 2.75) is 38.8 Å². The van der Waals surface area contributed by atoms with Crippen molar-refractivity contribution in [3.8, 4) is 0 Å². The van der Waals surface area contributed by atoms with Crippen LogP contribution in [-0.2, 0) is 4.74 Å². The molecule has 1 N–H and O–H groups in total. The second-order valence-corrected chi connectivity index (χ2v) is 5.57. The highest BCUT2D eigenvalue weighted by atomic mass is 16.5. The maximum Gasteiger partial charge on any atom is 0.256 e. The van der Waals surface area contributed by atoms with Gasteiger partial charge in [0.1, 0.15) is 0 Å². The Hall–Kier alpha value is -1.55. The van der Waals surface area contributed by atoms with Gasteiger partial charge in [-0.15, -0.1) is 0 Å². The van der Waals surface area contributed by atoms with Crippen LogP contribution in [0.1, 0.15) is 37.0 Å². The molecule has 110 valence electrons. The summed E-state index contributed by atoms with van der Waals surface area (Å²) in [6.45, 7) is 5.40. The number of nitrogens with zero attached hydrogens (tertiary/aromatic N) is 1. The first-order valence-electron chi connectivity index (χ1n) is 7.29. The summed E-state index contributed by atoms with van der Waals surface area (Å²) in [5.41, 5.74) is 1.67. The van der Waals surface area contributed by atoms with Crippen molar-refractivity contribution < 1.29 is 9.53 Å². The Morgan fingerprint density at radius 1 is 1.40 bits per heavy atom. The second-order valence-electron chi connectivity index (χ2n) is 5.57. The third-order valence-corrected chi connectivity index (χ3v) is 3.39. The molecule has 4 heteroatoms. The first kappa shape index (κ1) is 14.9. The number of carbonyl (C=O) groups is 1. The minimum absolute atomic E-state index is 0.105. The van der Waals surface area contributed by atoms with Gasteiger partial charge >= 0.3 is 0 Å². The third-order valence-electron chi connectivity index (χ3n) is 3.39. The van der Waals surface area contributed by atoms with Crippen molar-refractivity contribution in [1.29, 1.82) is 0 Å². The van der Waals surface area contributed by atoms with E-state index >= 15 is 0 Å². The van der Waals surface area contributed by atoms with Crippen molar-refractivity contribution in [2.75, 3.05) is 25.6 Å². The number of nitrogens with one attached hydrogen (secondary N) is 1. The van der Waals surface area contributed by atoms with Crippen LogP contribution in [0, 0.1) is 0 Å². The lowest BCUT2D eigenvalue weighted by Crippen LogP contribution is -2.36. The van der Waals surface area contributed by atoms with E-state index in [1.165, 1.54) is 0 Å². The molecule has 1 aromatic rings. The van der Waals surface area contributed by atoms with Crippen LogP contribution in [0.25, 0.3) is 0 Å². The lowest BCUT2D eigenvalue weighted by atomic mass is 10.1. The summed E-state index contributed by atoms with van der Waals surface area (Å²) in [7, 11) is 1.67. The van der Waals surface area contributed by atoms with E-state index in [4.69, 9.17) is 4.74 Å². The van der Waals surface area contributed by atoms with E-state index in [1.54, 1.807) is 7.11 Å². The zero-order chi connectivity index (χ0) is 14.5. The molecule has 0 radical (unpaired) electrons. The SMILES string of the molecule is COCCN(C(=O)c1ccccc1NC(C)C)C1CC1. The van der Waals surface area contributed by atoms with Crippen LogP contribution in [-0.4, -0.2) is 43.2 Å². The van der Waals surface area contributed by atoms with Gasteiger partial charge in [0.15, 0.2) is 0 Å². The van der Waals surface area contributed by atoms with E-state index in [0.717, 1.165) is 24.1 Å². The summed E-state index contributed by atoms with van der Waals surface area (Å²) in [6.07, 6.45) is 2.21. The minimum atomic E-state index is 0.105. The Morgan fingerprint density at radius 2 is 2.10 bits per heavy atom. The fraction of sp³-hybridized carbons (Fsp3) is 0.562. The summed E-state index contributed by atoms with van der Waals surface area (Å²) in [5, 5.41) is 3.35. The van der Waals surface area contributed by atoms with Gasteiger partial charge in [-0.2, -0.15) is 0 Å². The number of hydrogen-bond acceptors (Lipinski definition) is 3. The summed E-state index contributed by atoms with van der Waals surface area (Å²) < 4.78 is 5.12. The lowest BCUT2D eigenvalue weighted by Gasteiger charge is -2.24. The van der Waals surface area contributed by atoms with Gasteiger partial charge in [-0.05, 0) is 38.8 Å². The number of para-hydroxylation sites is 1. The smallest absolute Gasteiger partial charge is 0.256 e. The standard InChI is InChI=1S/C16H24N2O2/c1-12(2)17-15-7-5-4-6-14(15)16(19)18(10-11-20-3)13-8-9-13/h4-7,12-13,17H,8-11H2,1-3H3. The number of rotatable bonds is 7. The Bertz CT molecular complexity index is 456. The van der Waals surface area contributed by atoms with Gasteiger partial charge in [0.2, 0.25) is 0 Å². The number of ether oxygens (including phenoxy) is 1.